The van der Waals surface area contributed by atoms with Crippen LogP contribution in [0.2, 0.25) is 0 Å². The fraction of sp³-hybridized carbons (Fsp3) is 0. The van der Waals surface area contributed by atoms with Crippen molar-refractivity contribution >= 4 is 55.7 Å². The van der Waals surface area contributed by atoms with Crippen molar-refractivity contribution in [1.82, 2.24) is 47.8 Å². The minimum Gasteiger partial charge on any atom is -0.276 e. The number of hydrogen-bond donors (Lipinski definition) is 0. The quantitative estimate of drug-likeness (QED) is 0.158. The molecule has 10 heteroatoms. The van der Waals surface area contributed by atoms with Crippen molar-refractivity contribution in [3.05, 3.63) is 255 Å². The highest BCUT2D eigenvalue weighted by atomic mass is 15.3. The molecule has 6 heterocycles. The molecule has 15 aromatic rings. The van der Waals surface area contributed by atoms with Gasteiger partial charge in [-0.25, -0.2) is 39.0 Å². The van der Waals surface area contributed by atoms with Crippen LogP contribution >= 0.6 is 0 Å². The summed E-state index contributed by atoms with van der Waals surface area (Å²) in [5.74, 6) is 2.77. The van der Waals surface area contributed by atoms with Crippen LogP contribution in [0.5, 0.6) is 0 Å². The highest BCUT2D eigenvalue weighted by molar-refractivity contribution is 5.95. The van der Waals surface area contributed by atoms with Crippen LogP contribution in [-0.4, -0.2) is 47.8 Å². The van der Waals surface area contributed by atoms with E-state index in [0.717, 1.165) is 106 Å². The summed E-state index contributed by atoms with van der Waals surface area (Å²) in [5.41, 5.74) is 18.1. The van der Waals surface area contributed by atoms with Gasteiger partial charge in [0.05, 0.1) is 66.9 Å². The summed E-state index contributed by atoms with van der Waals surface area (Å²) < 4.78 is 8.56. The second-order valence-electron chi connectivity index (χ2n) is 18.0. The highest BCUT2D eigenvalue weighted by Gasteiger charge is 2.23. The first kappa shape index (κ1) is 42.5. The summed E-state index contributed by atoms with van der Waals surface area (Å²) in [4.78, 5) is 30.4. The SMILES string of the molecule is c1ccc(-c2cc(-c3ccccc3)nc(-n3c4ccccc4n4c5ccccc5nc34)n2)cc1.c1ccc(-c2ccc3c(c2)n2c4ccccc4nc2n3-c2nc(-c3ccccc3)cc(-c3ccccc3)n2)cc1. The topological polar surface area (TPSA) is 96.0 Å². The molecule has 0 aliphatic rings. The Bertz CT molecular complexity index is 4410. The van der Waals surface area contributed by atoms with E-state index in [1.807, 2.05) is 109 Å². The van der Waals surface area contributed by atoms with Crippen LogP contribution in [0, 0.1) is 0 Å². The Morgan fingerprint density at radius 3 is 0.959 bits per heavy atom. The van der Waals surface area contributed by atoms with Gasteiger partial charge in [-0.2, -0.15) is 0 Å². The predicted octanol–water partition coefficient (Wildman–Crippen LogP) is 14.8. The minimum absolute atomic E-state index is 0.586. The number of aromatic nitrogens is 10. The molecule has 0 spiro atoms. The van der Waals surface area contributed by atoms with Crippen molar-refractivity contribution in [1.29, 1.82) is 0 Å². The van der Waals surface area contributed by atoms with Gasteiger partial charge in [-0.15, -0.1) is 0 Å². The average Bonchev–Trinajstić information content (AvgIpc) is 4.23. The Kier molecular flexibility index (Phi) is 10.2. The van der Waals surface area contributed by atoms with Gasteiger partial charge < -0.3 is 0 Å². The summed E-state index contributed by atoms with van der Waals surface area (Å²) in [6, 6.07) is 86.9. The molecule has 0 atom stereocenters. The first-order valence-corrected chi connectivity index (χ1v) is 24.5. The molecule has 0 amide bonds. The zero-order chi connectivity index (χ0) is 49.0. The van der Waals surface area contributed by atoms with Crippen LogP contribution in [0.15, 0.2) is 255 Å². The first-order valence-electron chi connectivity index (χ1n) is 24.5. The predicted molar refractivity (Wildman–Crippen MR) is 297 cm³/mol. The van der Waals surface area contributed by atoms with Gasteiger partial charge in [0.25, 0.3) is 0 Å². The third kappa shape index (κ3) is 7.36. The van der Waals surface area contributed by atoms with Gasteiger partial charge in [-0.05, 0) is 71.8 Å². The molecule has 0 radical (unpaired) electrons. The molecule has 0 bridgehead atoms. The molecule has 6 aromatic heterocycles. The van der Waals surface area contributed by atoms with Crippen LogP contribution in [0.3, 0.4) is 0 Å². The van der Waals surface area contributed by atoms with E-state index in [1.54, 1.807) is 0 Å². The van der Waals surface area contributed by atoms with Gasteiger partial charge >= 0.3 is 0 Å². The summed E-state index contributed by atoms with van der Waals surface area (Å²) in [5, 5.41) is 0. The van der Waals surface area contributed by atoms with Gasteiger partial charge in [-0.1, -0.05) is 194 Å². The van der Waals surface area contributed by atoms with Crippen molar-refractivity contribution < 1.29 is 0 Å². The zero-order valence-electron chi connectivity index (χ0n) is 39.7. The number of nitrogens with zero attached hydrogens (tertiary/aromatic N) is 10. The summed E-state index contributed by atoms with van der Waals surface area (Å²) >= 11 is 0. The van der Waals surface area contributed by atoms with Crippen LogP contribution in [0.4, 0.5) is 0 Å². The smallest absolute Gasteiger partial charge is 0.238 e. The fourth-order valence-corrected chi connectivity index (χ4v) is 10.1. The molecule has 0 N–H and O–H groups in total. The van der Waals surface area contributed by atoms with Crippen molar-refractivity contribution in [2.75, 3.05) is 0 Å². The van der Waals surface area contributed by atoms with Crippen molar-refractivity contribution in [3.63, 3.8) is 0 Å². The standard InChI is InChI=1S/C35H23N5.C29H19N5/c1-4-12-24(13-5-1)27-20-21-32-33(22-27)39-31-19-11-10-18-28(31)38-35(39)40(32)34-36-29(25-14-6-2-7-15-25)23-30(37-34)26-16-8-3-9-17-26;1-3-11-20(12-4-1)23-19-24(21-13-5-2-6-14-21)31-28(30-23)34-27-18-10-9-17-26(27)33-25-16-8-7-15-22(25)32-29(33)34/h1-23H;1-19H. The molecule has 0 aliphatic carbocycles. The fourth-order valence-electron chi connectivity index (χ4n) is 10.1. The lowest BCUT2D eigenvalue weighted by atomic mass is 10.1. The molecule has 9 aromatic carbocycles. The molecule has 10 nitrogen and oxygen atoms in total. The lowest BCUT2D eigenvalue weighted by molar-refractivity contribution is 0.971. The number of benzene rings is 9. The Balaban J connectivity index is 0.000000138. The Morgan fingerprint density at radius 1 is 0.216 bits per heavy atom. The maximum atomic E-state index is 5.12. The van der Waals surface area contributed by atoms with Gasteiger partial charge in [0.1, 0.15) is 0 Å². The van der Waals surface area contributed by atoms with Gasteiger partial charge in [-0.3, -0.25) is 8.80 Å². The largest absolute Gasteiger partial charge is 0.276 e. The molecule has 348 valence electrons. The third-order valence-electron chi connectivity index (χ3n) is 13.5. The molecule has 74 heavy (non-hydrogen) atoms. The molecule has 0 saturated heterocycles. The van der Waals surface area contributed by atoms with Crippen molar-refractivity contribution in [3.8, 4) is 68.1 Å². The Labute approximate surface area is 424 Å². The maximum Gasteiger partial charge on any atom is 0.238 e. The van der Waals surface area contributed by atoms with Crippen LogP contribution in [-0.2, 0) is 0 Å². The lowest BCUT2D eigenvalue weighted by Crippen LogP contribution is -2.04. The molecular weight excluding hydrogens is 909 g/mol. The van der Waals surface area contributed by atoms with E-state index < -0.39 is 0 Å². The van der Waals surface area contributed by atoms with E-state index in [4.69, 9.17) is 29.9 Å². The summed E-state index contributed by atoms with van der Waals surface area (Å²) in [6.07, 6.45) is 0. The summed E-state index contributed by atoms with van der Waals surface area (Å²) in [7, 11) is 0. The van der Waals surface area contributed by atoms with Crippen LogP contribution < -0.4 is 0 Å². The normalized spacial score (nSPS) is 11.5. The second kappa shape index (κ2) is 17.8. The van der Waals surface area contributed by atoms with Crippen LogP contribution in [0.1, 0.15) is 0 Å². The van der Waals surface area contributed by atoms with Crippen LogP contribution in [0.25, 0.3) is 124 Å². The first-order chi connectivity index (χ1) is 36.7. The third-order valence-corrected chi connectivity index (χ3v) is 13.5. The maximum absolute atomic E-state index is 5.12. The van der Waals surface area contributed by atoms with Crippen molar-refractivity contribution in [2.24, 2.45) is 0 Å². The molecular formula is C64H42N10. The number of fused-ring (bicyclic) bond motifs is 10. The van der Waals surface area contributed by atoms with Gasteiger partial charge in [0, 0.05) is 22.3 Å². The van der Waals surface area contributed by atoms with E-state index in [2.05, 4.69) is 164 Å². The van der Waals surface area contributed by atoms with E-state index in [1.165, 1.54) is 5.56 Å². The average molecular weight is 951 g/mol. The monoisotopic (exact) mass is 950 g/mol. The molecule has 15 rings (SSSR count). The number of rotatable bonds is 7. The Hall–Kier alpha value is -10.3. The van der Waals surface area contributed by atoms with Crippen molar-refractivity contribution in [2.45, 2.75) is 0 Å². The number of imidazole rings is 4. The van der Waals surface area contributed by atoms with E-state index in [-0.39, 0.29) is 0 Å². The van der Waals surface area contributed by atoms with E-state index in [9.17, 15) is 0 Å². The summed E-state index contributed by atoms with van der Waals surface area (Å²) in [6.45, 7) is 0. The molecule has 0 aliphatic heterocycles. The number of hydrogen-bond acceptors (Lipinski definition) is 6. The van der Waals surface area contributed by atoms with E-state index in [0.29, 0.717) is 11.9 Å². The zero-order valence-corrected chi connectivity index (χ0v) is 39.7. The lowest BCUT2D eigenvalue weighted by Gasteiger charge is -2.10. The molecule has 0 saturated carbocycles. The van der Waals surface area contributed by atoms with Gasteiger partial charge in [0.15, 0.2) is 0 Å². The molecule has 0 fully saturated rings. The van der Waals surface area contributed by atoms with E-state index >= 15 is 0 Å². The van der Waals surface area contributed by atoms with Gasteiger partial charge in [0.2, 0.25) is 23.5 Å². The minimum atomic E-state index is 0.586. The highest BCUT2D eigenvalue weighted by Crippen LogP contribution is 2.35. The molecule has 0 unspecified atom stereocenters. The second-order valence-corrected chi connectivity index (χ2v) is 18.0. The number of para-hydroxylation sites is 6. The Morgan fingerprint density at radius 2 is 0.541 bits per heavy atom.